The van der Waals surface area contributed by atoms with Gasteiger partial charge >= 0.3 is 11.7 Å². The van der Waals surface area contributed by atoms with Crippen LogP contribution in [0.1, 0.15) is 11.1 Å². The van der Waals surface area contributed by atoms with E-state index in [0.29, 0.717) is 16.3 Å². The van der Waals surface area contributed by atoms with Crippen molar-refractivity contribution < 1.29 is 4.74 Å². The lowest BCUT2D eigenvalue weighted by molar-refractivity contribution is 0.421. The van der Waals surface area contributed by atoms with Crippen molar-refractivity contribution in [3.63, 3.8) is 0 Å². The second-order valence-corrected chi connectivity index (χ2v) is 7.16. The first-order valence-electron chi connectivity index (χ1n) is 8.97. The summed E-state index contributed by atoms with van der Waals surface area (Å²) in [5, 5.41) is 9.53. The number of nitriles is 1. The summed E-state index contributed by atoms with van der Waals surface area (Å²) in [4.78, 5) is 29.7. The largest absolute Gasteiger partial charge is 0.425 e. The van der Waals surface area contributed by atoms with Gasteiger partial charge in [-0.25, -0.2) is 4.79 Å². The topological polar surface area (TPSA) is 94.8 Å². The smallest absolute Gasteiger partial charge is 0.332 e. The summed E-state index contributed by atoms with van der Waals surface area (Å²) in [5.41, 5.74) is 0.826. The molecule has 0 radical (unpaired) electrons. The van der Waals surface area contributed by atoms with Gasteiger partial charge in [-0.1, -0.05) is 23.7 Å². The first-order valence-corrected chi connectivity index (χ1v) is 9.35. The number of rotatable bonds is 4. The molecule has 0 fully saturated rings. The minimum Gasteiger partial charge on any atom is -0.425 e. The molecule has 0 unspecified atom stereocenters. The van der Waals surface area contributed by atoms with Crippen LogP contribution in [0.5, 0.6) is 11.8 Å². The third-order valence-electron chi connectivity index (χ3n) is 4.74. The number of hydrogen-bond acceptors (Lipinski definition) is 5. The molecule has 30 heavy (non-hydrogen) atoms. The fourth-order valence-electron chi connectivity index (χ4n) is 3.17. The van der Waals surface area contributed by atoms with Crippen LogP contribution in [0.25, 0.3) is 11.2 Å². The average Bonchev–Trinajstić information content (AvgIpc) is 3.09. The molecule has 8 nitrogen and oxygen atoms in total. The minimum absolute atomic E-state index is 0.146. The molecule has 4 rings (SSSR count). The predicted molar refractivity (Wildman–Crippen MR) is 112 cm³/mol. The lowest BCUT2D eigenvalue weighted by Crippen LogP contribution is -2.37. The molecule has 0 bridgehead atoms. The standard InChI is InChI=1S/C21H16ClN5O3/c1-25-18-17(19(28)26(2)21(25)29)27(12-14-4-3-5-15(22)10-14)20(24-18)30-16-8-6-13(11-23)7-9-16/h3-10H,12H2,1-2H3. The van der Waals surface area contributed by atoms with Gasteiger partial charge in [0, 0.05) is 19.1 Å². The minimum atomic E-state index is -0.482. The van der Waals surface area contributed by atoms with Gasteiger partial charge in [0.05, 0.1) is 18.2 Å². The maximum atomic E-state index is 12.9. The maximum Gasteiger partial charge on any atom is 0.332 e. The third-order valence-corrected chi connectivity index (χ3v) is 4.97. The quantitative estimate of drug-likeness (QED) is 0.505. The fraction of sp³-hybridized carbons (Fsp3) is 0.143. The highest BCUT2D eigenvalue weighted by atomic mass is 35.5. The van der Waals surface area contributed by atoms with Gasteiger partial charge in [0.15, 0.2) is 11.2 Å². The van der Waals surface area contributed by atoms with Crippen LogP contribution in [0.15, 0.2) is 58.1 Å². The van der Waals surface area contributed by atoms with Crippen molar-refractivity contribution in [3.05, 3.63) is 85.5 Å². The highest BCUT2D eigenvalue weighted by molar-refractivity contribution is 6.30. The average molecular weight is 422 g/mol. The van der Waals surface area contributed by atoms with E-state index in [1.807, 2.05) is 18.2 Å². The lowest BCUT2D eigenvalue weighted by Gasteiger charge is -2.10. The van der Waals surface area contributed by atoms with E-state index < -0.39 is 11.2 Å². The molecule has 9 heteroatoms. The summed E-state index contributed by atoms with van der Waals surface area (Å²) in [6, 6.07) is 15.9. The van der Waals surface area contributed by atoms with Crippen molar-refractivity contribution in [1.82, 2.24) is 18.7 Å². The number of halogens is 1. The Labute approximate surface area is 175 Å². The molecule has 0 amide bonds. The zero-order valence-electron chi connectivity index (χ0n) is 16.2. The van der Waals surface area contributed by atoms with E-state index in [-0.39, 0.29) is 23.7 Å². The maximum absolute atomic E-state index is 12.9. The molecule has 0 aliphatic heterocycles. The van der Waals surface area contributed by atoms with Gasteiger partial charge in [-0.15, -0.1) is 0 Å². The van der Waals surface area contributed by atoms with E-state index in [1.54, 1.807) is 48.0 Å². The Kier molecular flexibility index (Phi) is 4.90. The predicted octanol–water partition coefficient (Wildman–Crippen LogP) is 2.80. The van der Waals surface area contributed by atoms with Crippen LogP contribution in [-0.4, -0.2) is 18.7 Å². The van der Waals surface area contributed by atoms with E-state index in [9.17, 15) is 9.59 Å². The molecule has 2 aromatic carbocycles. The molecule has 0 aliphatic carbocycles. The fourth-order valence-corrected chi connectivity index (χ4v) is 3.38. The highest BCUT2D eigenvalue weighted by Gasteiger charge is 2.21. The van der Waals surface area contributed by atoms with Crippen LogP contribution >= 0.6 is 11.6 Å². The van der Waals surface area contributed by atoms with Gasteiger partial charge in [0.1, 0.15) is 5.75 Å². The van der Waals surface area contributed by atoms with Crippen LogP contribution in [0.2, 0.25) is 5.02 Å². The molecule has 0 saturated heterocycles. The number of benzene rings is 2. The van der Waals surface area contributed by atoms with Crippen molar-refractivity contribution in [1.29, 1.82) is 5.26 Å². The zero-order valence-corrected chi connectivity index (χ0v) is 16.9. The number of imidazole rings is 1. The Morgan fingerprint density at radius 2 is 1.83 bits per heavy atom. The Morgan fingerprint density at radius 3 is 2.50 bits per heavy atom. The molecule has 2 aromatic heterocycles. The molecular formula is C21H16ClN5O3. The molecule has 0 N–H and O–H groups in total. The number of fused-ring (bicyclic) bond motifs is 1. The summed E-state index contributed by atoms with van der Waals surface area (Å²) < 4.78 is 9.88. The number of hydrogen-bond donors (Lipinski definition) is 0. The Morgan fingerprint density at radius 1 is 1.10 bits per heavy atom. The molecule has 0 saturated carbocycles. The van der Waals surface area contributed by atoms with Crippen molar-refractivity contribution in [2.75, 3.05) is 0 Å². The van der Waals surface area contributed by atoms with Crippen LogP contribution < -0.4 is 16.0 Å². The van der Waals surface area contributed by atoms with Crippen LogP contribution in [0.3, 0.4) is 0 Å². The Bertz CT molecular complexity index is 1420. The Hall–Kier alpha value is -3.83. The lowest BCUT2D eigenvalue weighted by atomic mass is 10.2. The van der Waals surface area contributed by atoms with E-state index in [4.69, 9.17) is 21.6 Å². The van der Waals surface area contributed by atoms with Crippen molar-refractivity contribution in [3.8, 4) is 17.8 Å². The molecule has 150 valence electrons. The van der Waals surface area contributed by atoms with Crippen molar-refractivity contribution >= 4 is 22.8 Å². The van der Waals surface area contributed by atoms with E-state index in [1.165, 1.54) is 11.6 Å². The van der Waals surface area contributed by atoms with Crippen LogP contribution in [0, 0.1) is 11.3 Å². The molecule has 0 spiro atoms. The number of aryl methyl sites for hydroxylation is 1. The second kappa shape index (κ2) is 7.54. The van der Waals surface area contributed by atoms with E-state index in [0.717, 1.165) is 10.1 Å². The van der Waals surface area contributed by atoms with Gasteiger partial charge in [-0.3, -0.25) is 18.5 Å². The zero-order chi connectivity index (χ0) is 21.4. The third kappa shape index (κ3) is 3.36. The van der Waals surface area contributed by atoms with E-state index in [2.05, 4.69) is 4.98 Å². The first kappa shape index (κ1) is 19.5. The summed E-state index contributed by atoms with van der Waals surface area (Å²) >= 11 is 6.11. The van der Waals surface area contributed by atoms with Crippen molar-refractivity contribution in [2.45, 2.75) is 6.54 Å². The van der Waals surface area contributed by atoms with E-state index >= 15 is 0 Å². The van der Waals surface area contributed by atoms with Crippen LogP contribution in [-0.2, 0) is 20.6 Å². The highest BCUT2D eigenvalue weighted by Crippen LogP contribution is 2.26. The number of ether oxygens (including phenoxy) is 1. The summed E-state index contributed by atoms with van der Waals surface area (Å²) in [6.07, 6.45) is 0. The van der Waals surface area contributed by atoms with Gasteiger partial charge < -0.3 is 4.74 Å². The summed E-state index contributed by atoms with van der Waals surface area (Å²) in [7, 11) is 2.97. The summed E-state index contributed by atoms with van der Waals surface area (Å²) in [5.74, 6) is 0.443. The molecular weight excluding hydrogens is 406 g/mol. The molecule has 0 aliphatic rings. The van der Waals surface area contributed by atoms with Gasteiger partial charge in [-0.05, 0) is 42.0 Å². The normalized spacial score (nSPS) is 10.9. The van der Waals surface area contributed by atoms with Crippen LogP contribution in [0.4, 0.5) is 0 Å². The van der Waals surface area contributed by atoms with Gasteiger partial charge in [0.2, 0.25) is 0 Å². The molecule has 2 heterocycles. The SMILES string of the molecule is Cn1c(=O)c2c(nc(Oc3ccc(C#N)cc3)n2Cc2cccc(Cl)c2)n(C)c1=O. The second-order valence-electron chi connectivity index (χ2n) is 6.73. The number of nitrogens with zero attached hydrogens (tertiary/aromatic N) is 5. The van der Waals surface area contributed by atoms with Crippen molar-refractivity contribution in [2.24, 2.45) is 14.1 Å². The summed E-state index contributed by atoms with van der Waals surface area (Å²) in [6.45, 7) is 0.260. The monoisotopic (exact) mass is 421 g/mol. The van der Waals surface area contributed by atoms with Gasteiger partial charge in [0.25, 0.3) is 5.56 Å². The number of aromatic nitrogens is 4. The molecule has 4 aromatic rings. The first-order chi connectivity index (χ1) is 14.4. The van der Waals surface area contributed by atoms with Gasteiger partial charge in [-0.2, -0.15) is 10.2 Å². The molecule has 0 atom stereocenters. The Balaban J connectivity index is 1.92.